The van der Waals surface area contributed by atoms with Crippen molar-refractivity contribution in [1.29, 1.82) is 0 Å². The van der Waals surface area contributed by atoms with Crippen LogP contribution in [0.1, 0.15) is 53.2 Å². The Kier molecular flexibility index (Phi) is 8.91. The molecule has 1 amide bonds. The maximum absolute atomic E-state index is 11.9. The van der Waals surface area contributed by atoms with E-state index in [1.807, 2.05) is 31.2 Å². The maximum atomic E-state index is 11.9. The predicted octanol–water partition coefficient (Wildman–Crippen LogP) is 3.29. The summed E-state index contributed by atoms with van der Waals surface area (Å²) in [6.45, 7) is 7.41. The Hall–Kier alpha value is -2.86. The number of benzene rings is 2. The zero-order chi connectivity index (χ0) is 21.9. The molecule has 0 aliphatic carbocycles. The molecule has 3 rings (SSSR count). The van der Waals surface area contributed by atoms with Gasteiger partial charge in [-0.1, -0.05) is 42.8 Å². The summed E-state index contributed by atoms with van der Waals surface area (Å²) >= 11 is 0. The molecule has 1 heterocycles. The molecule has 3 N–H and O–H groups in total. The van der Waals surface area contributed by atoms with Crippen LogP contribution in [0.3, 0.4) is 0 Å². The van der Waals surface area contributed by atoms with Gasteiger partial charge in [-0.15, -0.1) is 0 Å². The summed E-state index contributed by atoms with van der Waals surface area (Å²) in [5, 5.41) is 9.51. The van der Waals surface area contributed by atoms with Gasteiger partial charge >= 0.3 is 0 Å². The highest BCUT2D eigenvalue weighted by atomic mass is 16.1. The fourth-order valence-corrected chi connectivity index (χ4v) is 3.77. The van der Waals surface area contributed by atoms with Crippen LogP contribution >= 0.6 is 0 Å². The Morgan fingerprint density at radius 3 is 1.94 bits per heavy atom. The Morgan fingerprint density at radius 2 is 1.39 bits per heavy atom. The summed E-state index contributed by atoms with van der Waals surface area (Å²) in [5.74, 6) is 0.714. The van der Waals surface area contributed by atoms with Crippen molar-refractivity contribution in [2.45, 2.75) is 45.8 Å². The zero-order valence-corrected chi connectivity index (χ0v) is 18.8. The van der Waals surface area contributed by atoms with Gasteiger partial charge in [0.15, 0.2) is 5.96 Å². The molecule has 0 radical (unpaired) electrons. The topological polar surface area (TPSA) is 68.8 Å². The number of nitrogens with zero attached hydrogens (tertiary/aromatic N) is 2. The molecular formula is C25H35N5O. The SMILES string of the molecule is CCNC(=O)c1ccc(CNC(=NC)NCc2ccc(CN3CCCCC3)cc2)cc1. The van der Waals surface area contributed by atoms with Gasteiger partial charge in [-0.05, 0) is 61.7 Å². The van der Waals surface area contributed by atoms with Gasteiger partial charge in [0.2, 0.25) is 0 Å². The van der Waals surface area contributed by atoms with E-state index >= 15 is 0 Å². The molecule has 2 aromatic carbocycles. The minimum absolute atomic E-state index is 0.0403. The van der Waals surface area contributed by atoms with Crippen LogP contribution in [0, 0.1) is 0 Å². The number of carbonyl (C=O) groups excluding carboxylic acids is 1. The first-order chi connectivity index (χ1) is 15.2. The molecule has 0 atom stereocenters. The summed E-state index contributed by atoms with van der Waals surface area (Å²) in [7, 11) is 1.77. The Labute approximate surface area is 186 Å². The van der Waals surface area contributed by atoms with Crippen molar-refractivity contribution in [2.75, 3.05) is 26.7 Å². The lowest BCUT2D eigenvalue weighted by molar-refractivity contribution is 0.0956. The van der Waals surface area contributed by atoms with E-state index in [1.165, 1.54) is 43.5 Å². The highest BCUT2D eigenvalue weighted by molar-refractivity contribution is 5.94. The Balaban J connectivity index is 1.43. The number of nitrogens with one attached hydrogen (secondary N) is 3. The van der Waals surface area contributed by atoms with Crippen LogP contribution in [0.2, 0.25) is 0 Å². The molecule has 0 aromatic heterocycles. The first kappa shape index (κ1) is 22.8. The summed E-state index contributed by atoms with van der Waals surface area (Å²) in [4.78, 5) is 18.7. The second-order valence-corrected chi connectivity index (χ2v) is 7.99. The molecule has 0 spiro atoms. The number of aliphatic imine (C=N–C) groups is 1. The van der Waals surface area contributed by atoms with E-state index in [4.69, 9.17) is 0 Å². The van der Waals surface area contributed by atoms with E-state index in [-0.39, 0.29) is 5.91 Å². The van der Waals surface area contributed by atoms with E-state index in [2.05, 4.69) is 50.1 Å². The Bertz CT molecular complexity index is 839. The summed E-state index contributed by atoms with van der Waals surface area (Å²) < 4.78 is 0. The number of rotatable bonds is 8. The van der Waals surface area contributed by atoms with Crippen molar-refractivity contribution in [1.82, 2.24) is 20.9 Å². The lowest BCUT2D eigenvalue weighted by atomic mass is 10.1. The van der Waals surface area contributed by atoms with Gasteiger partial charge in [0, 0.05) is 38.8 Å². The molecule has 2 aromatic rings. The standard InChI is InChI=1S/C25H35N5O/c1-3-27-24(31)23-13-11-21(12-14-23)18-29-25(26-2)28-17-20-7-9-22(10-8-20)19-30-15-5-4-6-16-30/h7-14H,3-6,15-19H2,1-2H3,(H,27,31)(H2,26,28,29). The van der Waals surface area contributed by atoms with Crippen LogP contribution in [-0.2, 0) is 19.6 Å². The molecule has 0 unspecified atom stereocenters. The quantitative estimate of drug-likeness (QED) is 0.452. The predicted molar refractivity (Wildman–Crippen MR) is 127 cm³/mol. The van der Waals surface area contributed by atoms with Gasteiger partial charge in [-0.3, -0.25) is 14.7 Å². The van der Waals surface area contributed by atoms with Crippen LogP contribution in [0.15, 0.2) is 53.5 Å². The smallest absolute Gasteiger partial charge is 0.251 e. The average Bonchev–Trinajstić information content (AvgIpc) is 2.81. The van der Waals surface area contributed by atoms with Crippen LogP contribution in [0.4, 0.5) is 0 Å². The van der Waals surface area contributed by atoms with Crippen molar-refractivity contribution in [3.8, 4) is 0 Å². The van der Waals surface area contributed by atoms with E-state index in [0.29, 0.717) is 18.7 Å². The van der Waals surface area contributed by atoms with Crippen molar-refractivity contribution < 1.29 is 4.79 Å². The van der Waals surface area contributed by atoms with Gasteiger partial charge in [0.25, 0.3) is 5.91 Å². The molecule has 6 heteroatoms. The molecule has 0 bridgehead atoms. The van der Waals surface area contributed by atoms with Gasteiger partial charge in [-0.2, -0.15) is 0 Å². The molecule has 1 fully saturated rings. The third-order valence-corrected chi connectivity index (χ3v) is 5.57. The lowest BCUT2D eigenvalue weighted by Crippen LogP contribution is -2.36. The van der Waals surface area contributed by atoms with Crippen LogP contribution < -0.4 is 16.0 Å². The summed E-state index contributed by atoms with van der Waals surface area (Å²) in [6, 6.07) is 16.5. The van der Waals surface area contributed by atoms with Crippen LogP contribution in [0.25, 0.3) is 0 Å². The van der Waals surface area contributed by atoms with Crippen molar-refractivity contribution >= 4 is 11.9 Å². The minimum Gasteiger partial charge on any atom is -0.352 e. The molecule has 6 nitrogen and oxygen atoms in total. The fourth-order valence-electron chi connectivity index (χ4n) is 3.77. The van der Waals surface area contributed by atoms with E-state index in [9.17, 15) is 4.79 Å². The number of likely N-dealkylation sites (tertiary alicyclic amines) is 1. The first-order valence-corrected chi connectivity index (χ1v) is 11.3. The maximum Gasteiger partial charge on any atom is 0.251 e. The number of guanidine groups is 1. The Morgan fingerprint density at radius 1 is 0.839 bits per heavy atom. The fraction of sp³-hybridized carbons (Fsp3) is 0.440. The second-order valence-electron chi connectivity index (χ2n) is 7.99. The monoisotopic (exact) mass is 421 g/mol. The average molecular weight is 422 g/mol. The van der Waals surface area contributed by atoms with Crippen molar-refractivity contribution in [3.63, 3.8) is 0 Å². The second kappa shape index (κ2) is 12.1. The number of amides is 1. The lowest BCUT2D eigenvalue weighted by Gasteiger charge is -2.26. The summed E-state index contributed by atoms with van der Waals surface area (Å²) in [5.41, 5.74) is 4.38. The normalized spacial score (nSPS) is 14.8. The molecule has 1 saturated heterocycles. The minimum atomic E-state index is -0.0403. The third-order valence-electron chi connectivity index (χ3n) is 5.57. The van der Waals surface area contributed by atoms with E-state index in [0.717, 1.165) is 24.6 Å². The van der Waals surface area contributed by atoms with Crippen molar-refractivity contribution in [3.05, 3.63) is 70.8 Å². The number of carbonyl (C=O) groups is 1. The summed E-state index contributed by atoms with van der Waals surface area (Å²) in [6.07, 6.45) is 4.02. The number of hydrogen-bond acceptors (Lipinski definition) is 3. The first-order valence-electron chi connectivity index (χ1n) is 11.3. The highest BCUT2D eigenvalue weighted by Gasteiger charge is 2.10. The molecule has 1 aliphatic rings. The van der Waals surface area contributed by atoms with Gasteiger partial charge in [0.1, 0.15) is 0 Å². The largest absolute Gasteiger partial charge is 0.352 e. The van der Waals surface area contributed by atoms with Gasteiger partial charge in [0.05, 0.1) is 0 Å². The molecular weight excluding hydrogens is 386 g/mol. The molecule has 0 saturated carbocycles. The molecule has 1 aliphatic heterocycles. The molecule has 166 valence electrons. The third kappa shape index (κ3) is 7.40. The van der Waals surface area contributed by atoms with Gasteiger partial charge < -0.3 is 16.0 Å². The number of hydrogen-bond donors (Lipinski definition) is 3. The molecule has 31 heavy (non-hydrogen) atoms. The van der Waals surface area contributed by atoms with E-state index in [1.54, 1.807) is 7.05 Å². The van der Waals surface area contributed by atoms with Gasteiger partial charge in [-0.25, -0.2) is 0 Å². The van der Waals surface area contributed by atoms with E-state index < -0.39 is 0 Å². The number of piperidine rings is 1. The highest BCUT2D eigenvalue weighted by Crippen LogP contribution is 2.13. The van der Waals surface area contributed by atoms with Crippen LogP contribution in [-0.4, -0.2) is 43.4 Å². The van der Waals surface area contributed by atoms with Crippen LogP contribution in [0.5, 0.6) is 0 Å². The van der Waals surface area contributed by atoms with Crippen molar-refractivity contribution in [2.24, 2.45) is 4.99 Å². The zero-order valence-electron chi connectivity index (χ0n) is 18.8.